The van der Waals surface area contributed by atoms with Crippen LogP contribution in [0.5, 0.6) is 0 Å². The standard InChI is InChI=1S/C12H12N8S.ClH/c13-10(14)18-16-6-8-9(7-4-2-1-3-5-7)17-12-20(8)19-11(15)21-12;/h1-6H,(H2,15,19)(H4,13,14,18);1H/b16-6+;. The van der Waals surface area contributed by atoms with Crippen molar-refractivity contribution in [3.05, 3.63) is 36.0 Å². The average molecular weight is 337 g/mol. The van der Waals surface area contributed by atoms with E-state index in [4.69, 9.17) is 17.2 Å². The van der Waals surface area contributed by atoms with Crippen molar-refractivity contribution in [2.75, 3.05) is 5.73 Å². The number of hydrogen-bond acceptors (Lipinski definition) is 6. The highest BCUT2D eigenvalue weighted by Crippen LogP contribution is 2.26. The summed E-state index contributed by atoms with van der Waals surface area (Å²) >= 11 is 1.29. The lowest BCUT2D eigenvalue weighted by atomic mass is 10.1. The molecule has 0 saturated carbocycles. The topological polar surface area (TPSA) is 133 Å². The summed E-state index contributed by atoms with van der Waals surface area (Å²) in [5.74, 6) is -0.119. The van der Waals surface area contributed by atoms with Crippen LogP contribution in [0.15, 0.2) is 40.5 Å². The van der Waals surface area contributed by atoms with Crippen LogP contribution in [0.3, 0.4) is 0 Å². The summed E-state index contributed by atoms with van der Waals surface area (Å²) in [7, 11) is 0. The van der Waals surface area contributed by atoms with Crippen LogP contribution < -0.4 is 17.2 Å². The molecule has 22 heavy (non-hydrogen) atoms. The van der Waals surface area contributed by atoms with E-state index in [9.17, 15) is 0 Å². The summed E-state index contributed by atoms with van der Waals surface area (Å²) in [6, 6.07) is 9.70. The van der Waals surface area contributed by atoms with Gasteiger partial charge in [-0.1, -0.05) is 41.7 Å². The molecule has 0 aliphatic rings. The molecular weight excluding hydrogens is 324 g/mol. The molecule has 8 nitrogen and oxygen atoms in total. The molecular formula is C12H13ClN8S. The Morgan fingerprint density at radius 3 is 2.64 bits per heavy atom. The van der Waals surface area contributed by atoms with Gasteiger partial charge in [-0.15, -0.1) is 22.6 Å². The van der Waals surface area contributed by atoms with Crippen LogP contribution in [0.4, 0.5) is 5.13 Å². The SMILES string of the molecule is Cl.NC(N)=N/N=C/c1c(-c2ccccc2)nc2sc(N)nn12. The molecule has 0 radical (unpaired) electrons. The van der Waals surface area contributed by atoms with Crippen molar-refractivity contribution in [3.63, 3.8) is 0 Å². The van der Waals surface area contributed by atoms with Crippen molar-refractivity contribution in [1.29, 1.82) is 0 Å². The molecule has 10 heteroatoms. The zero-order valence-electron chi connectivity index (χ0n) is 11.2. The van der Waals surface area contributed by atoms with E-state index < -0.39 is 0 Å². The fourth-order valence-corrected chi connectivity index (χ4v) is 2.53. The minimum absolute atomic E-state index is 0. The number of guanidine groups is 1. The fraction of sp³-hybridized carbons (Fsp3) is 0. The Hall–Kier alpha value is -2.65. The molecule has 3 aromatic rings. The Morgan fingerprint density at radius 1 is 1.23 bits per heavy atom. The molecule has 114 valence electrons. The summed E-state index contributed by atoms with van der Waals surface area (Å²) in [5.41, 5.74) is 18.6. The average Bonchev–Trinajstić information content (AvgIpc) is 2.97. The van der Waals surface area contributed by atoms with Crippen LogP contribution in [0.2, 0.25) is 0 Å². The number of halogens is 1. The van der Waals surface area contributed by atoms with E-state index >= 15 is 0 Å². The van der Waals surface area contributed by atoms with Crippen LogP contribution in [0.1, 0.15) is 5.69 Å². The molecule has 0 aliphatic carbocycles. The Labute approximate surface area is 135 Å². The highest BCUT2D eigenvalue weighted by atomic mass is 35.5. The predicted octanol–water partition coefficient (Wildman–Crippen LogP) is 1.07. The Balaban J connectivity index is 0.00000176. The summed E-state index contributed by atoms with van der Waals surface area (Å²) in [5, 5.41) is 12.1. The third-order valence-electron chi connectivity index (χ3n) is 2.65. The lowest BCUT2D eigenvalue weighted by Gasteiger charge is -1.98. The molecule has 0 bridgehead atoms. The molecule has 0 aliphatic heterocycles. The number of imidazole rings is 1. The van der Waals surface area contributed by atoms with Crippen molar-refractivity contribution in [3.8, 4) is 11.3 Å². The van der Waals surface area contributed by atoms with Crippen LogP contribution in [-0.4, -0.2) is 26.8 Å². The first-order valence-electron chi connectivity index (χ1n) is 5.97. The van der Waals surface area contributed by atoms with Gasteiger partial charge in [0.2, 0.25) is 16.1 Å². The third-order valence-corrected chi connectivity index (χ3v) is 3.39. The quantitative estimate of drug-likeness (QED) is 0.373. The van der Waals surface area contributed by atoms with E-state index in [1.165, 1.54) is 17.6 Å². The predicted molar refractivity (Wildman–Crippen MR) is 91.4 cm³/mol. The Morgan fingerprint density at radius 2 is 1.95 bits per heavy atom. The molecule has 0 unspecified atom stereocenters. The summed E-state index contributed by atoms with van der Waals surface area (Å²) < 4.78 is 1.62. The van der Waals surface area contributed by atoms with Crippen LogP contribution >= 0.6 is 23.7 Å². The smallest absolute Gasteiger partial charge is 0.215 e. The van der Waals surface area contributed by atoms with Gasteiger partial charge in [0, 0.05) is 5.56 Å². The van der Waals surface area contributed by atoms with Crippen LogP contribution in [-0.2, 0) is 0 Å². The largest absolute Gasteiger partial charge is 0.374 e. The number of nitrogens with two attached hydrogens (primary N) is 3. The van der Waals surface area contributed by atoms with Gasteiger partial charge < -0.3 is 17.2 Å². The lowest BCUT2D eigenvalue weighted by Crippen LogP contribution is -2.21. The molecule has 0 amide bonds. The maximum absolute atomic E-state index is 5.70. The first-order valence-corrected chi connectivity index (χ1v) is 6.79. The molecule has 3 rings (SSSR count). The zero-order chi connectivity index (χ0) is 14.8. The monoisotopic (exact) mass is 336 g/mol. The van der Waals surface area contributed by atoms with E-state index in [1.807, 2.05) is 30.3 Å². The molecule has 6 N–H and O–H groups in total. The van der Waals surface area contributed by atoms with Crippen molar-refractivity contribution < 1.29 is 0 Å². The summed E-state index contributed by atoms with van der Waals surface area (Å²) in [4.78, 5) is 5.22. The Bertz CT molecular complexity index is 832. The molecule has 0 saturated heterocycles. The number of nitrogens with zero attached hydrogens (tertiary/aromatic N) is 5. The molecule has 0 spiro atoms. The van der Waals surface area contributed by atoms with E-state index in [2.05, 4.69) is 20.3 Å². The second kappa shape index (κ2) is 6.41. The normalized spacial score (nSPS) is 10.7. The molecule has 0 fully saturated rings. The van der Waals surface area contributed by atoms with Gasteiger partial charge in [-0.2, -0.15) is 9.62 Å². The number of anilines is 1. The van der Waals surface area contributed by atoms with Gasteiger partial charge >= 0.3 is 0 Å². The second-order valence-corrected chi connectivity index (χ2v) is 5.10. The van der Waals surface area contributed by atoms with E-state index in [-0.39, 0.29) is 18.4 Å². The van der Waals surface area contributed by atoms with E-state index in [1.54, 1.807) is 4.52 Å². The van der Waals surface area contributed by atoms with E-state index in [0.29, 0.717) is 15.8 Å². The number of fused-ring (bicyclic) bond motifs is 1. The summed E-state index contributed by atoms with van der Waals surface area (Å²) in [6.45, 7) is 0. The number of benzene rings is 1. The number of hydrogen-bond donors (Lipinski definition) is 3. The van der Waals surface area contributed by atoms with E-state index in [0.717, 1.165) is 11.3 Å². The van der Waals surface area contributed by atoms with Gasteiger partial charge in [-0.3, -0.25) is 0 Å². The molecule has 1 aromatic carbocycles. The van der Waals surface area contributed by atoms with Gasteiger partial charge in [0.15, 0.2) is 0 Å². The number of rotatable bonds is 3. The minimum Gasteiger partial charge on any atom is -0.374 e. The first kappa shape index (κ1) is 15.7. The van der Waals surface area contributed by atoms with Gasteiger partial charge in [0.1, 0.15) is 11.4 Å². The van der Waals surface area contributed by atoms with Gasteiger partial charge in [-0.25, -0.2) is 4.98 Å². The van der Waals surface area contributed by atoms with Crippen molar-refractivity contribution in [2.45, 2.75) is 0 Å². The third kappa shape index (κ3) is 3.00. The van der Waals surface area contributed by atoms with Gasteiger partial charge in [0.25, 0.3) is 0 Å². The second-order valence-electron chi connectivity index (χ2n) is 4.12. The Kier molecular flexibility index (Phi) is 4.59. The molecule has 0 atom stereocenters. The summed E-state index contributed by atoms with van der Waals surface area (Å²) in [6.07, 6.45) is 1.50. The maximum atomic E-state index is 5.70. The van der Waals surface area contributed by atoms with Gasteiger partial charge in [-0.05, 0) is 0 Å². The highest BCUT2D eigenvalue weighted by molar-refractivity contribution is 7.20. The zero-order valence-corrected chi connectivity index (χ0v) is 12.9. The lowest BCUT2D eigenvalue weighted by molar-refractivity contribution is 0.970. The number of aromatic nitrogens is 3. The molecule has 2 heterocycles. The molecule has 2 aromatic heterocycles. The minimum atomic E-state index is -0.119. The van der Waals surface area contributed by atoms with Crippen LogP contribution in [0.25, 0.3) is 16.2 Å². The highest BCUT2D eigenvalue weighted by Gasteiger charge is 2.15. The maximum Gasteiger partial charge on any atom is 0.215 e. The number of nitrogen functional groups attached to an aromatic ring is 1. The first-order chi connectivity index (χ1) is 10.1. The van der Waals surface area contributed by atoms with Crippen molar-refractivity contribution >= 4 is 46.0 Å². The van der Waals surface area contributed by atoms with Gasteiger partial charge in [0.05, 0.1) is 6.21 Å². The fourth-order valence-electron chi connectivity index (χ4n) is 1.85. The van der Waals surface area contributed by atoms with Crippen molar-refractivity contribution in [2.24, 2.45) is 21.7 Å². The van der Waals surface area contributed by atoms with Crippen LogP contribution in [0, 0.1) is 0 Å². The van der Waals surface area contributed by atoms with Crippen molar-refractivity contribution in [1.82, 2.24) is 14.6 Å².